The van der Waals surface area contributed by atoms with Gasteiger partial charge in [0.15, 0.2) is 0 Å². The van der Waals surface area contributed by atoms with Gasteiger partial charge in [0.2, 0.25) is 0 Å². The van der Waals surface area contributed by atoms with E-state index in [0.29, 0.717) is 0 Å². The lowest BCUT2D eigenvalue weighted by atomic mass is 10.0. The van der Waals surface area contributed by atoms with Crippen LogP contribution < -0.4 is 5.32 Å². The molecule has 3 heteroatoms. The molecule has 0 aromatic carbocycles. The predicted molar refractivity (Wildman–Crippen MR) is 81.3 cm³/mol. The van der Waals surface area contributed by atoms with E-state index in [1.165, 1.54) is 44.3 Å². The Labute approximate surface area is 118 Å². The maximum absolute atomic E-state index is 3.49. The number of nitrogens with zero attached hydrogens (tertiary/aromatic N) is 2. The van der Waals surface area contributed by atoms with Crippen molar-refractivity contribution in [2.24, 2.45) is 0 Å². The fourth-order valence-corrected chi connectivity index (χ4v) is 3.02. The predicted octanol–water partition coefficient (Wildman–Crippen LogP) is 2.86. The number of aromatic nitrogens is 1. The summed E-state index contributed by atoms with van der Waals surface area (Å²) in [7, 11) is 2.28. The molecular formula is C16H29N3. The van der Waals surface area contributed by atoms with Crippen molar-refractivity contribution in [1.82, 2.24) is 14.8 Å². The molecule has 0 radical (unpaired) electrons. The Morgan fingerprint density at radius 2 is 2.26 bits per heavy atom. The van der Waals surface area contributed by atoms with Gasteiger partial charge >= 0.3 is 0 Å². The van der Waals surface area contributed by atoms with E-state index in [2.05, 4.69) is 47.1 Å². The number of nitrogens with one attached hydrogen (secondary N) is 1. The molecule has 0 amide bonds. The van der Waals surface area contributed by atoms with Crippen molar-refractivity contribution in [2.75, 3.05) is 20.1 Å². The van der Waals surface area contributed by atoms with Gasteiger partial charge in [-0.3, -0.25) is 0 Å². The van der Waals surface area contributed by atoms with Crippen molar-refractivity contribution in [3.05, 3.63) is 24.0 Å². The molecule has 2 heterocycles. The maximum atomic E-state index is 3.49. The second kappa shape index (κ2) is 7.71. The van der Waals surface area contributed by atoms with E-state index >= 15 is 0 Å². The van der Waals surface area contributed by atoms with E-state index in [1.807, 2.05) is 0 Å². The van der Waals surface area contributed by atoms with Crippen LogP contribution in [0.1, 0.15) is 44.7 Å². The molecule has 1 atom stereocenters. The molecular weight excluding hydrogens is 234 g/mol. The third-order valence-electron chi connectivity index (χ3n) is 4.28. The van der Waals surface area contributed by atoms with Crippen LogP contribution in [0.15, 0.2) is 18.3 Å². The van der Waals surface area contributed by atoms with Gasteiger partial charge < -0.3 is 14.8 Å². The van der Waals surface area contributed by atoms with Crippen LogP contribution in [0.2, 0.25) is 0 Å². The minimum atomic E-state index is 0.785. The third kappa shape index (κ3) is 4.36. The van der Waals surface area contributed by atoms with Gasteiger partial charge in [-0.05, 0) is 58.0 Å². The van der Waals surface area contributed by atoms with Crippen LogP contribution in [-0.4, -0.2) is 35.6 Å². The van der Waals surface area contributed by atoms with E-state index in [4.69, 9.17) is 0 Å². The van der Waals surface area contributed by atoms with Gasteiger partial charge in [-0.25, -0.2) is 0 Å². The summed E-state index contributed by atoms with van der Waals surface area (Å²) < 4.78 is 2.42. The molecule has 0 aliphatic carbocycles. The summed E-state index contributed by atoms with van der Waals surface area (Å²) in [4.78, 5) is 2.54. The van der Waals surface area contributed by atoms with Gasteiger partial charge in [-0.1, -0.05) is 13.3 Å². The standard InChI is InChI=1S/C16H29N3/c1-3-10-17-14-16-8-6-12-19(16)13-9-15-7-4-5-11-18(15)2/h6,8,12,15,17H,3-5,7,9-11,13-14H2,1-2H3. The lowest BCUT2D eigenvalue weighted by molar-refractivity contribution is 0.171. The quantitative estimate of drug-likeness (QED) is 0.763. The second-order valence-corrected chi connectivity index (χ2v) is 5.79. The van der Waals surface area contributed by atoms with Crippen molar-refractivity contribution in [3.63, 3.8) is 0 Å². The minimum absolute atomic E-state index is 0.785. The first-order valence-electron chi connectivity index (χ1n) is 7.86. The lowest BCUT2D eigenvalue weighted by Crippen LogP contribution is -2.36. The number of aryl methyl sites for hydroxylation is 1. The highest BCUT2D eigenvalue weighted by Gasteiger charge is 2.18. The van der Waals surface area contributed by atoms with Gasteiger partial charge in [0.05, 0.1) is 0 Å². The van der Waals surface area contributed by atoms with E-state index in [1.54, 1.807) is 0 Å². The Bertz CT molecular complexity index is 359. The largest absolute Gasteiger partial charge is 0.350 e. The third-order valence-corrected chi connectivity index (χ3v) is 4.28. The summed E-state index contributed by atoms with van der Waals surface area (Å²) >= 11 is 0. The van der Waals surface area contributed by atoms with E-state index in [-0.39, 0.29) is 0 Å². The van der Waals surface area contributed by atoms with Crippen molar-refractivity contribution in [1.29, 1.82) is 0 Å². The summed E-state index contributed by atoms with van der Waals surface area (Å²) in [6, 6.07) is 5.20. The van der Waals surface area contributed by atoms with Crippen LogP contribution in [0.3, 0.4) is 0 Å². The molecule has 1 aromatic rings. The van der Waals surface area contributed by atoms with E-state index in [9.17, 15) is 0 Å². The first kappa shape index (κ1) is 14.6. The highest BCUT2D eigenvalue weighted by atomic mass is 15.1. The van der Waals surface area contributed by atoms with Crippen LogP contribution >= 0.6 is 0 Å². The number of piperidine rings is 1. The summed E-state index contributed by atoms with van der Waals surface area (Å²) in [5, 5.41) is 3.49. The highest BCUT2D eigenvalue weighted by molar-refractivity contribution is 5.07. The average molecular weight is 263 g/mol. The number of rotatable bonds is 7. The van der Waals surface area contributed by atoms with Crippen LogP contribution in [0, 0.1) is 0 Å². The molecule has 3 nitrogen and oxygen atoms in total. The Kier molecular flexibility index (Phi) is 5.93. The topological polar surface area (TPSA) is 20.2 Å². The van der Waals surface area contributed by atoms with Crippen LogP contribution in [0.5, 0.6) is 0 Å². The summed E-state index contributed by atoms with van der Waals surface area (Å²) in [6.07, 6.45) is 8.88. The van der Waals surface area contributed by atoms with Crippen LogP contribution in [0.4, 0.5) is 0 Å². The summed E-state index contributed by atoms with van der Waals surface area (Å²) in [6.45, 7) is 6.76. The summed E-state index contributed by atoms with van der Waals surface area (Å²) in [5.74, 6) is 0. The molecule has 0 bridgehead atoms. The molecule has 19 heavy (non-hydrogen) atoms. The van der Waals surface area contributed by atoms with Crippen molar-refractivity contribution in [3.8, 4) is 0 Å². The van der Waals surface area contributed by atoms with Crippen molar-refractivity contribution < 1.29 is 0 Å². The van der Waals surface area contributed by atoms with Crippen LogP contribution in [-0.2, 0) is 13.1 Å². The number of hydrogen-bond donors (Lipinski definition) is 1. The molecule has 0 saturated carbocycles. The van der Waals surface area contributed by atoms with Crippen molar-refractivity contribution >= 4 is 0 Å². The van der Waals surface area contributed by atoms with Gasteiger partial charge in [0.1, 0.15) is 0 Å². The molecule has 1 saturated heterocycles. The van der Waals surface area contributed by atoms with Crippen LogP contribution in [0.25, 0.3) is 0 Å². The highest BCUT2D eigenvalue weighted by Crippen LogP contribution is 2.18. The van der Waals surface area contributed by atoms with Gasteiger partial charge in [0, 0.05) is 31.0 Å². The Morgan fingerprint density at radius 1 is 1.37 bits per heavy atom. The first-order chi connectivity index (χ1) is 9.31. The molecule has 2 rings (SSSR count). The normalized spacial score (nSPS) is 20.8. The Balaban J connectivity index is 1.80. The lowest BCUT2D eigenvalue weighted by Gasteiger charge is -2.32. The van der Waals surface area contributed by atoms with Gasteiger partial charge in [-0.15, -0.1) is 0 Å². The molecule has 1 unspecified atom stereocenters. The second-order valence-electron chi connectivity index (χ2n) is 5.79. The van der Waals surface area contributed by atoms with Gasteiger partial charge in [0.25, 0.3) is 0 Å². The number of hydrogen-bond acceptors (Lipinski definition) is 2. The molecule has 1 aliphatic rings. The van der Waals surface area contributed by atoms with E-state index < -0.39 is 0 Å². The molecule has 1 aromatic heterocycles. The zero-order valence-electron chi connectivity index (χ0n) is 12.6. The number of likely N-dealkylation sites (tertiary alicyclic amines) is 1. The minimum Gasteiger partial charge on any atom is -0.350 e. The Morgan fingerprint density at radius 3 is 3.05 bits per heavy atom. The van der Waals surface area contributed by atoms with Gasteiger partial charge in [-0.2, -0.15) is 0 Å². The van der Waals surface area contributed by atoms with Crippen molar-refractivity contribution in [2.45, 2.75) is 58.2 Å². The summed E-state index contributed by atoms with van der Waals surface area (Å²) in [5.41, 5.74) is 1.42. The van der Waals surface area contributed by atoms with E-state index in [0.717, 1.165) is 25.7 Å². The zero-order chi connectivity index (χ0) is 13.5. The molecule has 1 fully saturated rings. The maximum Gasteiger partial charge on any atom is 0.0359 e. The molecule has 108 valence electrons. The molecule has 1 N–H and O–H groups in total. The fraction of sp³-hybridized carbons (Fsp3) is 0.750. The SMILES string of the molecule is CCCNCc1cccn1CCC1CCCCN1C. The first-order valence-corrected chi connectivity index (χ1v) is 7.86. The Hall–Kier alpha value is -0.800. The molecule has 1 aliphatic heterocycles. The smallest absolute Gasteiger partial charge is 0.0359 e. The fourth-order valence-electron chi connectivity index (χ4n) is 3.02. The molecule has 0 spiro atoms. The average Bonchev–Trinajstić information content (AvgIpc) is 2.86. The zero-order valence-corrected chi connectivity index (χ0v) is 12.6. The monoisotopic (exact) mass is 263 g/mol.